The summed E-state index contributed by atoms with van der Waals surface area (Å²) in [6, 6.07) is 0. The molecule has 1 heterocycles. The summed E-state index contributed by atoms with van der Waals surface area (Å²) in [5.74, 6) is 0.895. The number of hydrogen-bond acceptors (Lipinski definition) is 5. The molecule has 0 saturated carbocycles. The van der Waals surface area contributed by atoms with Gasteiger partial charge in [0, 0.05) is 11.8 Å². The smallest absolute Gasteiger partial charge is 0.222 e. The molecule has 1 aromatic rings. The van der Waals surface area contributed by atoms with Crippen molar-refractivity contribution >= 4 is 38.4 Å². The van der Waals surface area contributed by atoms with Gasteiger partial charge in [0.05, 0.1) is 10.8 Å². The van der Waals surface area contributed by atoms with E-state index in [0.717, 1.165) is 12.8 Å². The average Bonchev–Trinajstić information content (AvgIpc) is 2.71. The van der Waals surface area contributed by atoms with E-state index >= 15 is 0 Å². The first kappa shape index (κ1) is 13.5. The minimum absolute atomic E-state index is 0.0736. The largest absolute Gasteiger partial charge is 0.383 e. The van der Waals surface area contributed by atoms with E-state index in [-0.39, 0.29) is 10.7 Å². The zero-order valence-electron chi connectivity index (χ0n) is 10.2. The van der Waals surface area contributed by atoms with E-state index in [1.807, 2.05) is 0 Å². The first-order valence-corrected chi connectivity index (χ1v) is 7.86. The van der Waals surface area contributed by atoms with Crippen LogP contribution in [0.25, 0.3) is 0 Å². The normalized spacial score (nSPS) is 18.8. The van der Waals surface area contributed by atoms with Crippen molar-refractivity contribution in [3.8, 4) is 0 Å². The fraction of sp³-hybridized carbons (Fsp3) is 0.455. The molecule has 3 N–H and O–H groups in total. The number of nitrogen functional groups attached to an aromatic ring is 1. The Hall–Kier alpha value is -0.950. The maximum atomic E-state index is 11.5. The molecule has 1 unspecified atom stereocenters. The lowest BCUT2D eigenvalue weighted by molar-refractivity contribution is 0.549. The molecule has 18 heavy (non-hydrogen) atoms. The van der Waals surface area contributed by atoms with Crippen molar-refractivity contribution in [2.75, 3.05) is 17.3 Å². The average molecular weight is 331 g/mol. The predicted octanol–water partition coefficient (Wildman–Crippen LogP) is 2.08. The summed E-state index contributed by atoms with van der Waals surface area (Å²) >= 11 is 3.36. The number of nitrogens with zero attached hydrogens (tertiary/aromatic N) is 2. The second-order valence-corrected chi connectivity index (χ2v) is 6.64. The zero-order valence-corrected chi connectivity index (χ0v) is 12.6. The third-order valence-electron chi connectivity index (χ3n) is 2.84. The maximum Gasteiger partial charge on any atom is 0.222 e. The Kier molecular flexibility index (Phi) is 3.72. The fourth-order valence-electron chi connectivity index (χ4n) is 1.81. The monoisotopic (exact) mass is 330 g/mol. The topological polar surface area (TPSA) is 80.9 Å². The van der Waals surface area contributed by atoms with Crippen LogP contribution in [0.15, 0.2) is 21.8 Å². The van der Waals surface area contributed by atoms with Gasteiger partial charge < -0.3 is 11.1 Å². The van der Waals surface area contributed by atoms with E-state index in [1.165, 1.54) is 6.26 Å². The molecular formula is C11H15BrN4OS. The van der Waals surface area contributed by atoms with Gasteiger partial charge in [-0.05, 0) is 35.7 Å². The van der Waals surface area contributed by atoms with E-state index in [4.69, 9.17) is 5.73 Å². The van der Waals surface area contributed by atoms with Crippen LogP contribution in [0.5, 0.6) is 0 Å². The number of hydrogen-bond donors (Lipinski definition) is 2. The highest BCUT2D eigenvalue weighted by Crippen LogP contribution is 2.32. The van der Waals surface area contributed by atoms with E-state index in [0.29, 0.717) is 16.1 Å². The van der Waals surface area contributed by atoms with Crippen LogP contribution in [-0.4, -0.2) is 26.0 Å². The molecular weight excluding hydrogens is 316 g/mol. The van der Waals surface area contributed by atoms with Crippen molar-refractivity contribution in [3.05, 3.63) is 16.6 Å². The van der Waals surface area contributed by atoms with Crippen LogP contribution in [0.2, 0.25) is 0 Å². The molecule has 0 aromatic carbocycles. The van der Waals surface area contributed by atoms with Crippen LogP contribution in [-0.2, 0) is 10.8 Å². The van der Waals surface area contributed by atoms with Crippen LogP contribution >= 0.6 is 15.9 Å². The standard InChI is InChI=1S/C11H15BrN4OS/c1-11(5-3-4-6-11)16-9-7(12)8(13)14-10(15-9)18(2)17/h3-4H,5-6H2,1-2H3,(H3,13,14,15,16). The number of nitrogens with two attached hydrogens (primary N) is 1. The summed E-state index contributed by atoms with van der Waals surface area (Å²) in [4.78, 5) is 8.26. The molecule has 0 amide bonds. The van der Waals surface area contributed by atoms with Gasteiger partial charge in [0.1, 0.15) is 16.1 Å². The quantitative estimate of drug-likeness (QED) is 0.655. The molecule has 98 valence electrons. The molecule has 0 aliphatic heterocycles. The number of nitrogens with one attached hydrogen (secondary N) is 1. The van der Waals surface area contributed by atoms with Gasteiger partial charge in [-0.1, -0.05) is 12.2 Å². The molecule has 1 aromatic heterocycles. The van der Waals surface area contributed by atoms with Crippen molar-refractivity contribution < 1.29 is 4.21 Å². The molecule has 1 aliphatic rings. The maximum absolute atomic E-state index is 11.5. The van der Waals surface area contributed by atoms with Gasteiger partial charge in [-0.3, -0.25) is 4.21 Å². The molecule has 0 spiro atoms. The Morgan fingerprint density at radius 1 is 1.44 bits per heavy atom. The predicted molar refractivity (Wildman–Crippen MR) is 76.9 cm³/mol. The molecule has 0 fully saturated rings. The zero-order chi connectivity index (χ0) is 13.3. The first-order chi connectivity index (χ1) is 8.41. The minimum atomic E-state index is -1.25. The van der Waals surface area contributed by atoms with Gasteiger partial charge in [-0.15, -0.1) is 0 Å². The number of halogens is 1. The molecule has 0 bridgehead atoms. The Balaban J connectivity index is 2.34. The lowest BCUT2D eigenvalue weighted by Gasteiger charge is -2.26. The Morgan fingerprint density at radius 3 is 2.61 bits per heavy atom. The van der Waals surface area contributed by atoms with Gasteiger partial charge >= 0.3 is 0 Å². The Morgan fingerprint density at radius 2 is 2.06 bits per heavy atom. The molecule has 2 rings (SSSR count). The van der Waals surface area contributed by atoms with Crippen LogP contribution < -0.4 is 11.1 Å². The number of anilines is 2. The van der Waals surface area contributed by atoms with Gasteiger partial charge in [0.25, 0.3) is 0 Å². The third kappa shape index (κ3) is 2.72. The lowest BCUT2D eigenvalue weighted by Crippen LogP contribution is -2.32. The lowest BCUT2D eigenvalue weighted by atomic mass is 10.00. The summed E-state index contributed by atoms with van der Waals surface area (Å²) in [5, 5.41) is 3.59. The third-order valence-corrected chi connectivity index (χ3v) is 4.32. The summed E-state index contributed by atoms with van der Waals surface area (Å²) in [7, 11) is -1.25. The highest BCUT2D eigenvalue weighted by atomic mass is 79.9. The number of rotatable bonds is 3. The highest BCUT2D eigenvalue weighted by Gasteiger charge is 2.27. The second-order valence-electron chi connectivity index (χ2n) is 4.57. The van der Waals surface area contributed by atoms with E-state index < -0.39 is 10.8 Å². The highest BCUT2D eigenvalue weighted by molar-refractivity contribution is 9.10. The van der Waals surface area contributed by atoms with Crippen LogP contribution in [0.4, 0.5) is 11.6 Å². The summed E-state index contributed by atoms with van der Waals surface area (Å²) < 4.78 is 12.1. The Labute approximate surface area is 117 Å². The van der Waals surface area contributed by atoms with Gasteiger partial charge in [0.15, 0.2) is 0 Å². The van der Waals surface area contributed by atoms with Crippen LogP contribution in [0.3, 0.4) is 0 Å². The number of aromatic nitrogens is 2. The van der Waals surface area contributed by atoms with E-state index in [1.54, 1.807) is 0 Å². The van der Waals surface area contributed by atoms with Gasteiger partial charge in [-0.2, -0.15) is 0 Å². The minimum Gasteiger partial charge on any atom is -0.383 e. The summed E-state index contributed by atoms with van der Waals surface area (Å²) in [6.07, 6.45) is 7.64. The van der Waals surface area contributed by atoms with Crippen molar-refractivity contribution in [1.82, 2.24) is 9.97 Å². The van der Waals surface area contributed by atoms with E-state index in [9.17, 15) is 4.21 Å². The first-order valence-electron chi connectivity index (χ1n) is 5.51. The van der Waals surface area contributed by atoms with Crippen molar-refractivity contribution in [2.24, 2.45) is 0 Å². The van der Waals surface area contributed by atoms with Crippen LogP contribution in [0, 0.1) is 0 Å². The molecule has 0 radical (unpaired) electrons. The van der Waals surface area contributed by atoms with Crippen molar-refractivity contribution in [2.45, 2.75) is 30.5 Å². The molecule has 5 nitrogen and oxygen atoms in total. The summed E-state index contributed by atoms with van der Waals surface area (Å²) in [5.41, 5.74) is 5.71. The molecule has 1 aliphatic carbocycles. The molecule has 7 heteroatoms. The van der Waals surface area contributed by atoms with Crippen molar-refractivity contribution in [1.29, 1.82) is 0 Å². The van der Waals surface area contributed by atoms with Crippen molar-refractivity contribution in [3.63, 3.8) is 0 Å². The SMILES string of the molecule is CS(=O)c1nc(N)c(Br)c(NC2(C)CC=CC2)n1. The Bertz CT molecular complexity index is 524. The van der Waals surface area contributed by atoms with Crippen LogP contribution in [0.1, 0.15) is 19.8 Å². The summed E-state index contributed by atoms with van der Waals surface area (Å²) in [6.45, 7) is 2.11. The molecule has 1 atom stereocenters. The second kappa shape index (κ2) is 4.97. The fourth-order valence-corrected chi connectivity index (χ4v) is 2.54. The van der Waals surface area contributed by atoms with Gasteiger partial charge in [0.2, 0.25) is 5.16 Å². The molecule has 0 saturated heterocycles. The van der Waals surface area contributed by atoms with Gasteiger partial charge in [-0.25, -0.2) is 9.97 Å². The van der Waals surface area contributed by atoms with E-state index in [2.05, 4.69) is 50.3 Å².